The van der Waals surface area contributed by atoms with Crippen LogP contribution in [0, 0.1) is 11.8 Å². The molecule has 1 heterocycles. The quantitative estimate of drug-likeness (QED) is 0.461. The lowest BCUT2D eigenvalue weighted by atomic mass is 9.95. The molecular weight excluding hydrogens is 366 g/mol. The van der Waals surface area contributed by atoms with E-state index in [2.05, 4.69) is 15.5 Å². The van der Waals surface area contributed by atoms with Gasteiger partial charge in [0.05, 0.1) is 6.54 Å². The summed E-state index contributed by atoms with van der Waals surface area (Å²) in [6.45, 7) is 9.12. The highest BCUT2D eigenvalue weighted by atomic mass is 16.1. The third kappa shape index (κ3) is 8.13. The van der Waals surface area contributed by atoms with Crippen LogP contribution in [0.5, 0.6) is 0 Å². The number of hydrogen-bond acceptors (Lipinski definition) is 3. The standard InChI is InChI=1S/C22H35N5O2/c1-4-24-22(27-10-6-8-18(15-27)13-20(23)28)25-14-17-7-5-9-19(12-17)26-21(29)11-16(2)3/h5,7,9,12,16,18H,4,6,8,10-11,13-15H2,1-3H3,(H2,23,28)(H,24,25)(H,26,29). The number of nitrogens with zero attached hydrogens (tertiary/aromatic N) is 2. The van der Waals surface area contributed by atoms with Gasteiger partial charge >= 0.3 is 0 Å². The predicted octanol–water partition coefficient (Wildman–Crippen LogP) is 2.72. The van der Waals surface area contributed by atoms with E-state index >= 15 is 0 Å². The summed E-state index contributed by atoms with van der Waals surface area (Å²) in [5.41, 5.74) is 7.21. The summed E-state index contributed by atoms with van der Waals surface area (Å²) in [7, 11) is 0. The number of guanidine groups is 1. The first-order chi connectivity index (χ1) is 13.9. The molecule has 7 heteroatoms. The van der Waals surface area contributed by atoms with E-state index < -0.39 is 0 Å². The van der Waals surface area contributed by atoms with Crippen LogP contribution in [0.4, 0.5) is 5.69 Å². The van der Waals surface area contributed by atoms with Gasteiger partial charge in [-0.3, -0.25) is 9.59 Å². The predicted molar refractivity (Wildman–Crippen MR) is 117 cm³/mol. The van der Waals surface area contributed by atoms with Crippen molar-refractivity contribution in [2.24, 2.45) is 22.6 Å². The van der Waals surface area contributed by atoms with E-state index in [0.717, 1.165) is 49.7 Å². The van der Waals surface area contributed by atoms with Crippen molar-refractivity contribution in [2.45, 2.75) is 53.0 Å². The molecule has 2 rings (SSSR count). The second-order valence-electron chi connectivity index (χ2n) is 8.14. The number of nitrogens with one attached hydrogen (secondary N) is 2. The van der Waals surface area contributed by atoms with E-state index in [1.165, 1.54) is 0 Å². The van der Waals surface area contributed by atoms with Gasteiger partial charge in [0.1, 0.15) is 0 Å². The molecule has 1 aliphatic heterocycles. The average Bonchev–Trinajstić information content (AvgIpc) is 2.64. The molecular formula is C22H35N5O2. The second-order valence-corrected chi connectivity index (χ2v) is 8.14. The molecule has 1 saturated heterocycles. The van der Waals surface area contributed by atoms with Gasteiger partial charge in [0.25, 0.3) is 0 Å². The number of anilines is 1. The summed E-state index contributed by atoms with van der Waals surface area (Å²) in [6.07, 6.45) is 2.99. The van der Waals surface area contributed by atoms with Crippen LogP contribution in [0.25, 0.3) is 0 Å². The van der Waals surface area contributed by atoms with Crippen molar-refractivity contribution in [3.63, 3.8) is 0 Å². The minimum absolute atomic E-state index is 0.0304. The number of piperidine rings is 1. The van der Waals surface area contributed by atoms with E-state index in [-0.39, 0.29) is 17.7 Å². The molecule has 1 aromatic carbocycles. The molecule has 0 bridgehead atoms. The summed E-state index contributed by atoms with van der Waals surface area (Å²) in [5, 5.41) is 6.31. The van der Waals surface area contributed by atoms with E-state index in [9.17, 15) is 9.59 Å². The molecule has 4 N–H and O–H groups in total. The zero-order valence-electron chi connectivity index (χ0n) is 17.9. The number of rotatable bonds is 8. The van der Waals surface area contributed by atoms with Crippen molar-refractivity contribution in [1.82, 2.24) is 10.2 Å². The first-order valence-electron chi connectivity index (χ1n) is 10.6. The number of likely N-dealkylation sites (tertiary alicyclic amines) is 1. The Bertz CT molecular complexity index is 717. The van der Waals surface area contributed by atoms with Gasteiger partial charge in [0, 0.05) is 38.2 Å². The highest BCUT2D eigenvalue weighted by Gasteiger charge is 2.23. The van der Waals surface area contributed by atoms with Crippen LogP contribution in [0.2, 0.25) is 0 Å². The number of carbonyl (C=O) groups excluding carboxylic acids is 2. The molecule has 29 heavy (non-hydrogen) atoms. The Labute approximate surface area is 174 Å². The molecule has 0 radical (unpaired) electrons. The molecule has 0 aliphatic carbocycles. The minimum atomic E-state index is -0.241. The molecule has 1 aromatic rings. The fourth-order valence-electron chi connectivity index (χ4n) is 3.63. The summed E-state index contributed by atoms with van der Waals surface area (Å²) in [4.78, 5) is 30.3. The van der Waals surface area contributed by atoms with E-state index in [1.54, 1.807) is 0 Å². The highest BCUT2D eigenvalue weighted by molar-refractivity contribution is 5.90. The third-order valence-corrected chi connectivity index (χ3v) is 4.86. The van der Waals surface area contributed by atoms with Gasteiger partial charge in [-0.15, -0.1) is 0 Å². The SMILES string of the molecule is CCNC(=NCc1cccc(NC(=O)CC(C)C)c1)N1CCCC(CC(N)=O)C1. The highest BCUT2D eigenvalue weighted by Crippen LogP contribution is 2.20. The van der Waals surface area contributed by atoms with Gasteiger partial charge in [-0.05, 0) is 49.3 Å². The normalized spacial score (nSPS) is 17.3. The largest absolute Gasteiger partial charge is 0.370 e. The van der Waals surface area contributed by atoms with Crippen molar-refractivity contribution in [3.8, 4) is 0 Å². The molecule has 0 aromatic heterocycles. The molecule has 160 valence electrons. The molecule has 1 unspecified atom stereocenters. The van der Waals surface area contributed by atoms with Crippen molar-refractivity contribution < 1.29 is 9.59 Å². The zero-order chi connectivity index (χ0) is 21.2. The summed E-state index contributed by atoms with van der Waals surface area (Å²) in [6, 6.07) is 7.82. The second kappa shape index (κ2) is 11.4. The minimum Gasteiger partial charge on any atom is -0.370 e. The maximum atomic E-state index is 12.0. The van der Waals surface area contributed by atoms with Crippen LogP contribution in [0.1, 0.15) is 52.0 Å². The Morgan fingerprint density at radius 3 is 2.83 bits per heavy atom. The van der Waals surface area contributed by atoms with E-state index in [1.807, 2.05) is 45.0 Å². The lowest BCUT2D eigenvalue weighted by Crippen LogP contribution is -2.47. The van der Waals surface area contributed by atoms with Gasteiger partial charge in [-0.1, -0.05) is 26.0 Å². The Balaban J connectivity index is 2.03. The van der Waals surface area contributed by atoms with Crippen molar-refractivity contribution >= 4 is 23.5 Å². The smallest absolute Gasteiger partial charge is 0.224 e. The molecule has 0 saturated carbocycles. The number of hydrogen-bond donors (Lipinski definition) is 3. The first kappa shape index (κ1) is 22.7. The lowest BCUT2D eigenvalue weighted by molar-refractivity contribution is -0.119. The Morgan fingerprint density at radius 1 is 1.34 bits per heavy atom. The molecule has 1 atom stereocenters. The van der Waals surface area contributed by atoms with Crippen LogP contribution in [0.3, 0.4) is 0 Å². The van der Waals surface area contributed by atoms with Crippen LogP contribution < -0.4 is 16.4 Å². The fourth-order valence-corrected chi connectivity index (χ4v) is 3.63. The third-order valence-electron chi connectivity index (χ3n) is 4.86. The maximum absolute atomic E-state index is 12.0. The number of primary amides is 1. The number of amides is 2. The molecule has 7 nitrogen and oxygen atoms in total. The van der Waals surface area contributed by atoms with Crippen LogP contribution >= 0.6 is 0 Å². The molecule has 1 aliphatic rings. The zero-order valence-corrected chi connectivity index (χ0v) is 17.9. The van der Waals surface area contributed by atoms with Gasteiger partial charge in [0.2, 0.25) is 11.8 Å². The van der Waals surface area contributed by atoms with E-state index in [4.69, 9.17) is 10.7 Å². The number of aliphatic imine (C=N–C) groups is 1. The van der Waals surface area contributed by atoms with E-state index in [0.29, 0.717) is 25.3 Å². The van der Waals surface area contributed by atoms with Crippen LogP contribution in [-0.2, 0) is 16.1 Å². The van der Waals surface area contributed by atoms with Crippen LogP contribution in [-0.4, -0.2) is 42.3 Å². The summed E-state index contributed by atoms with van der Waals surface area (Å²) in [5.74, 6) is 1.26. The topological polar surface area (TPSA) is 99.8 Å². The Kier molecular flexibility index (Phi) is 8.96. The Morgan fingerprint density at radius 2 is 2.14 bits per heavy atom. The van der Waals surface area contributed by atoms with Crippen LogP contribution in [0.15, 0.2) is 29.3 Å². The van der Waals surface area contributed by atoms with Crippen molar-refractivity contribution in [3.05, 3.63) is 29.8 Å². The average molecular weight is 402 g/mol. The molecule has 2 amide bonds. The van der Waals surface area contributed by atoms with Gasteiger partial charge in [0.15, 0.2) is 5.96 Å². The van der Waals surface area contributed by atoms with Gasteiger partial charge < -0.3 is 21.3 Å². The van der Waals surface area contributed by atoms with Crippen molar-refractivity contribution in [2.75, 3.05) is 25.0 Å². The lowest BCUT2D eigenvalue weighted by Gasteiger charge is -2.34. The molecule has 1 fully saturated rings. The van der Waals surface area contributed by atoms with Crippen molar-refractivity contribution in [1.29, 1.82) is 0 Å². The summed E-state index contributed by atoms with van der Waals surface area (Å²) < 4.78 is 0. The van der Waals surface area contributed by atoms with Gasteiger partial charge in [-0.2, -0.15) is 0 Å². The number of carbonyl (C=O) groups is 2. The number of nitrogens with two attached hydrogens (primary N) is 1. The summed E-state index contributed by atoms with van der Waals surface area (Å²) >= 11 is 0. The first-order valence-corrected chi connectivity index (χ1v) is 10.6. The monoisotopic (exact) mass is 401 g/mol. The Hall–Kier alpha value is -2.57. The fraction of sp³-hybridized carbons (Fsp3) is 0.591. The van der Waals surface area contributed by atoms with Gasteiger partial charge in [-0.25, -0.2) is 4.99 Å². The maximum Gasteiger partial charge on any atom is 0.224 e. The number of benzene rings is 1. The molecule has 0 spiro atoms.